The predicted octanol–water partition coefficient (Wildman–Crippen LogP) is 2.06. The van der Waals surface area contributed by atoms with E-state index < -0.39 is 20.5 Å². The van der Waals surface area contributed by atoms with E-state index in [0.29, 0.717) is 32.5 Å². The van der Waals surface area contributed by atoms with Crippen molar-refractivity contribution in [3.05, 3.63) is 29.8 Å². The van der Waals surface area contributed by atoms with E-state index in [2.05, 4.69) is 5.32 Å². The Labute approximate surface area is 151 Å². The first-order valence-corrected chi connectivity index (χ1v) is 10.0. The summed E-state index contributed by atoms with van der Waals surface area (Å²) in [5.41, 5.74) is 0.229. The Balaban J connectivity index is 1.97. The number of piperidine rings is 1. The summed E-state index contributed by atoms with van der Waals surface area (Å²) in [6.45, 7) is 3.44. The van der Waals surface area contributed by atoms with Crippen molar-refractivity contribution in [3.8, 4) is 0 Å². The highest BCUT2D eigenvalue weighted by atomic mass is 32.2. The lowest BCUT2D eigenvalue weighted by atomic mass is 9.95. The standard InChI is InChI=1S/C17H22F2N2O4S/c1-2-9-20-15(22)12-7-10-21(11-8-12)16(23)13-3-5-14(6-4-13)26(24,25)17(18)19/h3-6,12,17H,2,7-11H2,1H3,(H,20,22). The molecule has 26 heavy (non-hydrogen) atoms. The van der Waals surface area contributed by atoms with Gasteiger partial charge < -0.3 is 10.2 Å². The summed E-state index contributed by atoms with van der Waals surface area (Å²) in [4.78, 5) is 25.5. The summed E-state index contributed by atoms with van der Waals surface area (Å²) in [7, 11) is -4.67. The van der Waals surface area contributed by atoms with E-state index in [0.717, 1.165) is 18.6 Å². The maximum atomic E-state index is 12.5. The van der Waals surface area contributed by atoms with Crippen molar-refractivity contribution < 1.29 is 26.8 Å². The summed E-state index contributed by atoms with van der Waals surface area (Å²) in [5, 5.41) is 2.85. The quantitative estimate of drug-likeness (QED) is 0.809. The number of sulfone groups is 1. The lowest BCUT2D eigenvalue weighted by molar-refractivity contribution is -0.126. The highest BCUT2D eigenvalue weighted by Crippen LogP contribution is 2.22. The lowest BCUT2D eigenvalue weighted by Crippen LogP contribution is -2.43. The van der Waals surface area contributed by atoms with Crippen LogP contribution in [0.25, 0.3) is 0 Å². The van der Waals surface area contributed by atoms with Crippen molar-refractivity contribution in [3.63, 3.8) is 0 Å². The number of benzene rings is 1. The largest absolute Gasteiger partial charge is 0.356 e. The Kier molecular flexibility index (Phi) is 6.69. The minimum atomic E-state index is -4.67. The zero-order valence-electron chi connectivity index (χ0n) is 14.5. The molecule has 1 heterocycles. The molecule has 1 N–H and O–H groups in total. The molecule has 1 aromatic rings. The molecule has 0 aromatic heterocycles. The predicted molar refractivity (Wildman–Crippen MR) is 91.6 cm³/mol. The third-order valence-corrected chi connectivity index (χ3v) is 5.76. The Morgan fingerprint density at radius 3 is 2.27 bits per heavy atom. The minimum absolute atomic E-state index is 0.000470. The number of carbonyl (C=O) groups is 2. The minimum Gasteiger partial charge on any atom is -0.356 e. The Morgan fingerprint density at radius 2 is 1.77 bits per heavy atom. The molecule has 2 rings (SSSR count). The summed E-state index contributed by atoms with van der Waals surface area (Å²) in [5.74, 6) is -3.93. The highest BCUT2D eigenvalue weighted by molar-refractivity contribution is 7.91. The monoisotopic (exact) mass is 388 g/mol. The Hall–Kier alpha value is -2.03. The van der Waals surface area contributed by atoms with Crippen molar-refractivity contribution >= 4 is 21.7 Å². The van der Waals surface area contributed by atoms with E-state index in [-0.39, 0.29) is 23.3 Å². The number of amides is 2. The zero-order chi connectivity index (χ0) is 19.3. The van der Waals surface area contributed by atoms with Crippen molar-refractivity contribution in [1.29, 1.82) is 0 Å². The van der Waals surface area contributed by atoms with E-state index >= 15 is 0 Å². The van der Waals surface area contributed by atoms with Crippen LogP contribution in [0.1, 0.15) is 36.5 Å². The fourth-order valence-corrected chi connectivity index (χ4v) is 3.53. The summed E-state index contributed by atoms with van der Waals surface area (Å²) in [6, 6.07) is 4.49. The maximum absolute atomic E-state index is 12.5. The summed E-state index contributed by atoms with van der Waals surface area (Å²) >= 11 is 0. The maximum Gasteiger partial charge on any atom is 0.341 e. The molecule has 1 fully saturated rings. The highest BCUT2D eigenvalue weighted by Gasteiger charge is 2.29. The van der Waals surface area contributed by atoms with Gasteiger partial charge in [0.1, 0.15) is 0 Å². The second-order valence-corrected chi connectivity index (χ2v) is 8.11. The van der Waals surface area contributed by atoms with E-state index in [4.69, 9.17) is 0 Å². The molecule has 0 atom stereocenters. The molecule has 1 aromatic carbocycles. The van der Waals surface area contributed by atoms with Crippen LogP contribution < -0.4 is 5.32 Å². The Morgan fingerprint density at radius 1 is 1.19 bits per heavy atom. The van der Waals surface area contributed by atoms with Crippen molar-refractivity contribution in [1.82, 2.24) is 10.2 Å². The molecule has 0 radical (unpaired) electrons. The molecular formula is C17H22F2N2O4S. The topological polar surface area (TPSA) is 83.6 Å². The third-order valence-electron chi connectivity index (χ3n) is 4.37. The number of likely N-dealkylation sites (tertiary alicyclic amines) is 1. The first-order valence-electron chi connectivity index (χ1n) is 8.46. The number of alkyl halides is 2. The Bertz CT molecular complexity index is 743. The number of rotatable bonds is 6. The van der Waals surface area contributed by atoms with Crippen LogP contribution in [0.5, 0.6) is 0 Å². The van der Waals surface area contributed by atoms with Gasteiger partial charge in [-0.2, -0.15) is 8.78 Å². The number of halogens is 2. The third kappa shape index (κ3) is 4.57. The number of hydrogen-bond acceptors (Lipinski definition) is 4. The number of nitrogens with one attached hydrogen (secondary N) is 1. The van der Waals surface area contributed by atoms with Gasteiger partial charge >= 0.3 is 5.76 Å². The van der Waals surface area contributed by atoms with Crippen molar-refractivity contribution in [2.24, 2.45) is 5.92 Å². The van der Waals surface area contributed by atoms with Crippen LogP contribution in [0.4, 0.5) is 8.78 Å². The van der Waals surface area contributed by atoms with Gasteiger partial charge in [-0.25, -0.2) is 8.42 Å². The van der Waals surface area contributed by atoms with Gasteiger partial charge in [0.15, 0.2) is 0 Å². The molecule has 0 aliphatic carbocycles. The fourth-order valence-electron chi connectivity index (χ4n) is 2.81. The molecule has 0 saturated carbocycles. The molecule has 0 spiro atoms. The average Bonchev–Trinajstić information content (AvgIpc) is 2.65. The molecule has 9 heteroatoms. The second kappa shape index (κ2) is 8.57. The van der Waals surface area contributed by atoms with Gasteiger partial charge in [-0.1, -0.05) is 6.92 Å². The van der Waals surface area contributed by atoms with Crippen LogP contribution in [0.3, 0.4) is 0 Å². The number of hydrogen-bond donors (Lipinski definition) is 1. The molecule has 1 aliphatic rings. The molecule has 1 aliphatic heterocycles. The van der Waals surface area contributed by atoms with Crippen LogP contribution in [-0.2, 0) is 14.6 Å². The second-order valence-electron chi connectivity index (χ2n) is 6.19. The van der Waals surface area contributed by atoms with Crippen molar-refractivity contribution in [2.75, 3.05) is 19.6 Å². The molecule has 0 unspecified atom stereocenters. The lowest BCUT2D eigenvalue weighted by Gasteiger charge is -2.31. The first kappa shape index (κ1) is 20.3. The molecule has 0 bridgehead atoms. The average molecular weight is 388 g/mol. The van der Waals surface area contributed by atoms with Gasteiger partial charge in [0, 0.05) is 31.1 Å². The van der Waals surface area contributed by atoms with Crippen LogP contribution >= 0.6 is 0 Å². The molecular weight excluding hydrogens is 366 g/mol. The summed E-state index contributed by atoms with van der Waals surface area (Å²) < 4.78 is 47.9. The van der Waals surface area contributed by atoms with Gasteiger partial charge in [-0.05, 0) is 43.5 Å². The summed E-state index contributed by atoms with van der Waals surface area (Å²) in [6.07, 6.45) is 1.97. The molecule has 6 nitrogen and oxygen atoms in total. The van der Waals surface area contributed by atoms with E-state index in [1.165, 1.54) is 12.1 Å². The molecule has 144 valence electrons. The number of carbonyl (C=O) groups excluding carboxylic acids is 2. The number of nitrogens with zero attached hydrogens (tertiary/aromatic N) is 1. The fraction of sp³-hybridized carbons (Fsp3) is 0.529. The van der Waals surface area contributed by atoms with Crippen LogP contribution in [0, 0.1) is 5.92 Å². The smallest absolute Gasteiger partial charge is 0.341 e. The van der Waals surface area contributed by atoms with Crippen LogP contribution in [0.15, 0.2) is 29.2 Å². The first-order chi connectivity index (χ1) is 12.3. The molecule has 2 amide bonds. The van der Waals surface area contributed by atoms with Crippen molar-refractivity contribution in [2.45, 2.75) is 36.8 Å². The van der Waals surface area contributed by atoms with Gasteiger partial charge in [-0.3, -0.25) is 9.59 Å². The zero-order valence-corrected chi connectivity index (χ0v) is 15.3. The van der Waals surface area contributed by atoms with Gasteiger partial charge in [0.2, 0.25) is 15.7 Å². The van der Waals surface area contributed by atoms with Crippen LogP contribution in [0.2, 0.25) is 0 Å². The van der Waals surface area contributed by atoms with E-state index in [1.807, 2.05) is 6.92 Å². The van der Waals surface area contributed by atoms with Gasteiger partial charge in [0.05, 0.1) is 4.90 Å². The van der Waals surface area contributed by atoms with Gasteiger partial charge in [0.25, 0.3) is 5.91 Å². The molecule has 1 saturated heterocycles. The van der Waals surface area contributed by atoms with Crippen LogP contribution in [-0.4, -0.2) is 50.5 Å². The van der Waals surface area contributed by atoms with Gasteiger partial charge in [-0.15, -0.1) is 0 Å². The van der Waals surface area contributed by atoms with E-state index in [1.54, 1.807) is 4.90 Å². The van der Waals surface area contributed by atoms with E-state index in [9.17, 15) is 26.8 Å². The SMILES string of the molecule is CCCNC(=O)C1CCN(C(=O)c2ccc(S(=O)(=O)C(F)F)cc2)CC1. The normalized spacial score (nSPS) is 15.9.